The lowest BCUT2D eigenvalue weighted by Crippen LogP contribution is -2.41. The smallest absolute Gasteiger partial charge is 0.235 e. The van der Waals surface area contributed by atoms with E-state index in [0.29, 0.717) is 13.0 Å². The summed E-state index contributed by atoms with van der Waals surface area (Å²) >= 11 is 4.48. The summed E-state index contributed by atoms with van der Waals surface area (Å²) in [5, 5.41) is -0.271. The van der Waals surface area contributed by atoms with Crippen molar-refractivity contribution in [3.05, 3.63) is 35.9 Å². The topological polar surface area (TPSA) is 29.5 Å². The van der Waals surface area contributed by atoms with E-state index in [-0.39, 0.29) is 17.3 Å². The number of amides is 1. The third-order valence-electron chi connectivity index (χ3n) is 3.32. The van der Waals surface area contributed by atoms with Gasteiger partial charge in [0.1, 0.15) is 0 Å². The molecule has 0 saturated carbocycles. The molecule has 0 N–H and O–H groups in total. The number of rotatable bonds is 3. The van der Waals surface area contributed by atoms with Gasteiger partial charge in [0.15, 0.2) is 0 Å². The fourth-order valence-corrected chi connectivity index (χ4v) is 2.70. The van der Waals surface area contributed by atoms with Crippen LogP contribution in [0.3, 0.4) is 0 Å². The van der Waals surface area contributed by atoms with Crippen molar-refractivity contribution in [1.82, 2.24) is 4.90 Å². The molecule has 0 spiro atoms. The van der Waals surface area contributed by atoms with Crippen LogP contribution < -0.4 is 0 Å². The number of carbonyl (C=O) groups excluding carboxylic acids is 1. The van der Waals surface area contributed by atoms with E-state index in [1.54, 1.807) is 0 Å². The van der Waals surface area contributed by atoms with E-state index < -0.39 is 0 Å². The van der Waals surface area contributed by atoms with Crippen LogP contribution in [0.4, 0.5) is 0 Å². The second kappa shape index (κ2) is 6.96. The molecule has 1 amide bonds. The zero-order chi connectivity index (χ0) is 13.7. The predicted molar refractivity (Wildman–Crippen MR) is 79.5 cm³/mol. The highest BCUT2D eigenvalue weighted by atomic mass is 32.1. The molecule has 0 aromatic heterocycles. The zero-order valence-corrected chi connectivity index (χ0v) is 12.2. The van der Waals surface area contributed by atoms with Gasteiger partial charge in [0, 0.05) is 19.7 Å². The Labute approximate surface area is 120 Å². The maximum atomic E-state index is 12.4. The second-order valence-electron chi connectivity index (χ2n) is 5.02. The lowest BCUT2D eigenvalue weighted by Gasteiger charge is -2.25. The Morgan fingerprint density at radius 3 is 2.95 bits per heavy atom. The van der Waals surface area contributed by atoms with Crippen LogP contribution >= 0.6 is 12.6 Å². The Morgan fingerprint density at radius 2 is 2.21 bits per heavy atom. The highest BCUT2D eigenvalue weighted by Gasteiger charge is 2.24. The number of benzene rings is 1. The van der Waals surface area contributed by atoms with Crippen molar-refractivity contribution in [2.45, 2.75) is 31.1 Å². The summed E-state index contributed by atoms with van der Waals surface area (Å²) in [4.78, 5) is 14.3. The van der Waals surface area contributed by atoms with Crippen LogP contribution in [0.1, 0.15) is 18.9 Å². The lowest BCUT2D eigenvalue weighted by atomic mass is 10.1. The molecule has 2 rings (SSSR count). The predicted octanol–water partition coefficient (Wildman–Crippen LogP) is 2.16. The third-order valence-corrected chi connectivity index (χ3v) is 3.72. The molecule has 0 aliphatic carbocycles. The van der Waals surface area contributed by atoms with Crippen molar-refractivity contribution < 1.29 is 9.53 Å². The number of carbonyl (C=O) groups is 1. The molecule has 1 aliphatic rings. The van der Waals surface area contributed by atoms with E-state index in [9.17, 15) is 4.79 Å². The average molecular weight is 279 g/mol. The van der Waals surface area contributed by atoms with Crippen molar-refractivity contribution in [3.63, 3.8) is 0 Å². The Morgan fingerprint density at radius 1 is 1.47 bits per heavy atom. The number of ether oxygens (including phenoxy) is 1. The molecule has 1 heterocycles. The number of nitrogens with zero attached hydrogens (tertiary/aromatic N) is 1. The fraction of sp³-hybridized carbons (Fsp3) is 0.533. The van der Waals surface area contributed by atoms with Gasteiger partial charge in [0.2, 0.25) is 5.91 Å². The number of thiol groups is 1. The Kier molecular flexibility index (Phi) is 5.28. The molecule has 0 bridgehead atoms. The van der Waals surface area contributed by atoms with Crippen LogP contribution in [0.25, 0.3) is 0 Å². The molecule has 1 saturated heterocycles. The quantitative estimate of drug-likeness (QED) is 0.859. The summed E-state index contributed by atoms with van der Waals surface area (Å²) in [7, 11) is 0. The monoisotopic (exact) mass is 279 g/mol. The van der Waals surface area contributed by atoms with Gasteiger partial charge in [-0.3, -0.25) is 4.79 Å². The largest absolute Gasteiger partial charge is 0.377 e. The summed E-state index contributed by atoms with van der Waals surface area (Å²) in [5.74, 6) is 0.115. The van der Waals surface area contributed by atoms with Gasteiger partial charge < -0.3 is 9.64 Å². The molecule has 104 valence electrons. The average Bonchev–Trinajstić information content (AvgIpc) is 2.63. The molecule has 1 aliphatic heterocycles. The van der Waals surface area contributed by atoms with Crippen LogP contribution in [-0.4, -0.2) is 41.9 Å². The van der Waals surface area contributed by atoms with Crippen LogP contribution in [0.5, 0.6) is 0 Å². The van der Waals surface area contributed by atoms with Crippen molar-refractivity contribution in [3.8, 4) is 0 Å². The standard InChI is InChI=1S/C15H21NO2S/c1-12-11-16(8-5-9-18-12)15(17)14(19)10-13-6-3-2-4-7-13/h2-4,6-7,12,14,19H,5,8-11H2,1H3. The van der Waals surface area contributed by atoms with Gasteiger partial charge in [-0.05, 0) is 25.3 Å². The first-order valence-electron chi connectivity index (χ1n) is 6.79. The van der Waals surface area contributed by atoms with Gasteiger partial charge in [-0.1, -0.05) is 30.3 Å². The molecule has 2 unspecified atom stereocenters. The first kappa shape index (κ1) is 14.4. The van der Waals surface area contributed by atoms with Crippen molar-refractivity contribution in [2.75, 3.05) is 19.7 Å². The molecule has 2 atom stereocenters. The minimum Gasteiger partial charge on any atom is -0.377 e. The molecular weight excluding hydrogens is 258 g/mol. The molecule has 3 nitrogen and oxygen atoms in total. The van der Waals surface area contributed by atoms with Crippen LogP contribution in [0, 0.1) is 0 Å². The van der Waals surface area contributed by atoms with Gasteiger partial charge >= 0.3 is 0 Å². The van der Waals surface area contributed by atoms with Crippen molar-refractivity contribution in [2.24, 2.45) is 0 Å². The second-order valence-corrected chi connectivity index (χ2v) is 5.65. The maximum absolute atomic E-state index is 12.4. The van der Waals surface area contributed by atoms with E-state index in [1.807, 2.05) is 42.2 Å². The lowest BCUT2D eigenvalue weighted by molar-refractivity contribution is -0.131. The van der Waals surface area contributed by atoms with E-state index in [4.69, 9.17) is 4.74 Å². The van der Waals surface area contributed by atoms with Gasteiger partial charge in [0.25, 0.3) is 0 Å². The maximum Gasteiger partial charge on any atom is 0.235 e. The SMILES string of the molecule is CC1CN(C(=O)C(S)Cc2ccccc2)CCCO1. The Bertz CT molecular complexity index is 410. The summed E-state index contributed by atoms with van der Waals surface area (Å²) in [6, 6.07) is 10.0. The van der Waals surface area contributed by atoms with E-state index in [0.717, 1.165) is 25.1 Å². The first-order valence-corrected chi connectivity index (χ1v) is 7.31. The zero-order valence-electron chi connectivity index (χ0n) is 11.3. The van der Waals surface area contributed by atoms with Gasteiger partial charge in [-0.15, -0.1) is 0 Å². The fourth-order valence-electron chi connectivity index (χ4n) is 2.33. The van der Waals surface area contributed by atoms with Crippen molar-refractivity contribution in [1.29, 1.82) is 0 Å². The van der Waals surface area contributed by atoms with Crippen LogP contribution in [-0.2, 0) is 16.0 Å². The van der Waals surface area contributed by atoms with Gasteiger partial charge in [0.05, 0.1) is 11.4 Å². The normalized spacial score (nSPS) is 21.8. The molecular formula is C15H21NO2S. The molecule has 19 heavy (non-hydrogen) atoms. The minimum absolute atomic E-state index is 0.115. The third kappa shape index (κ3) is 4.25. The summed E-state index contributed by atoms with van der Waals surface area (Å²) in [5.41, 5.74) is 1.15. The van der Waals surface area contributed by atoms with Gasteiger partial charge in [-0.2, -0.15) is 12.6 Å². The van der Waals surface area contributed by atoms with Gasteiger partial charge in [-0.25, -0.2) is 0 Å². The summed E-state index contributed by atoms with van der Waals surface area (Å²) < 4.78 is 5.56. The highest BCUT2D eigenvalue weighted by molar-refractivity contribution is 7.81. The summed E-state index contributed by atoms with van der Waals surface area (Å²) in [6.45, 7) is 4.19. The van der Waals surface area contributed by atoms with Crippen molar-refractivity contribution >= 4 is 18.5 Å². The molecule has 4 heteroatoms. The molecule has 1 fully saturated rings. The number of hydrogen-bond donors (Lipinski definition) is 1. The number of hydrogen-bond acceptors (Lipinski definition) is 3. The highest BCUT2D eigenvalue weighted by Crippen LogP contribution is 2.13. The Hall–Kier alpha value is -1.00. The summed E-state index contributed by atoms with van der Waals surface area (Å²) in [6.07, 6.45) is 1.69. The van der Waals surface area contributed by atoms with E-state index in [1.165, 1.54) is 0 Å². The Balaban J connectivity index is 1.94. The molecule has 0 radical (unpaired) electrons. The van der Waals surface area contributed by atoms with E-state index in [2.05, 4.69) is 12.6 Å². The van der Waals surface area contributed by atoms with Crippen LogP contribution in [0.2, 0.25) is 0 Å². The van der Waals surface area contributed by atoms with E-state index >= 15 is 0 Å². The molecule has 1 aromatic rings. The first-order chi connectivity index (χ1) is 9.16. The van der Waals surface area contributed by atoms with Crippen LogP contribution in [0.15, 0.2) is 30.3 Å². The molecule has 1 aromatic carbocycles. The minimum atomic E-state index is -0.271.